The van der Waals surface area contributed by atoms with Crippen LogP contribution in [0.3, 0.4) is 0 Å². The topological polar surface area (TPSA) is 74.5 Å². The lowest BCUT2D eigenvalue weighted by molar-refractivity contribution is -0.115. The first kappa shape index (κ1) is 20.2. The van der Waals surface area contributed by atoms with E-state index in [0.717, 1.165) is 11.9 Å². The summed E-state index contributed by atoms with van der Waals surface area (Å²) in [7, 11) is 0. The molecule has 7 heteroatoms. The number of amides is 1. The first-order chi connectivity index (χ1) is 13.1. The van der Waals surface area contributed by atoms with Gasteiger partial charge in [-0.25, -0.2) is 0 Å². The Hall–Kier alpha value is -3.07. The van der Waals surface area contributed by atoms with E-state index in [0.29, 0.717) is 15.6 Å². The quantitative estimate of drug-likeness (QED) is 0.182. The lowest BCUT2D eigenvalue weighted by atomic mass is 10.2. The lowest BCUT2D eigenvalue weighted by Crippen LogP contribution is -2.22. The zero-order valence-electron chi connectivity index (χ0n) is 14.1. The molecule has 0 heterocycles. The van der Waals surface area contributed by atoms with E-state index in [1.165, 1.54) is 6.08 Å². The summed E-state index contributed by atoms with van der Waals surface area (Å²) in [5.41, 5.74) is 1.60. The molecule has 0 bridgehead atoms. The molecule has 136 valence electrons. The van der Waals surface area contributed by atoms with Gasteiger partial charge in [0.25, 0.3) is 5.91 Å². The third-order valence-corrected chi connectivity index (χ3v) is 3.86. The van der Waals surface area contributed by atoms with Gasteiger partial charge in [-0.3, -0.25) is 4.79 Å². The van der Waals surface area contributed by atoms with Gasteiger partial charge in [0, 0.05) is 15.6 Å². The van der Waals surface area contributed by atoms with Crippen LogP contribution in [0.4, 0.5) is 0 Å². The van der Waals surface area contributed by atoms with Crippen LogP contribution in [0.1, 0.15) is 11.1 Å². The van der Waals surface area contributed by atoms with Crippen LogP contribution in [0.15, 0.2) is 71.4 Å². The molecule has 0 atom stereocenters. The van der Waals surface area contributed by atoms with Crippen LogP contribution in [0.25, 0.3) is 6.08 Å². The number of hydrogen-bond donors (Lipinski definition) is 1. The van der Waals surface area contributed by atoms with Gasteiger partial charge in [-0.15, -0.1) is 0 Å². The molecule has 0 spiro atoms. The molecule has 0 aliphatic carbocycles. The second-order valence-electron chi connectivity index (χ2n) is 5.18. The number of hydrogen-bond acceptors (Lipinski definition) is 4. The van der Waals surface area contributed by atoms with Crippen molar-refractivity contribution in [1.82, 2.24) is 5.32 Å². The first-order valence-corrected chi connectivity index (χ1v) is 8.58. The maximum atomic E-state index is 11.9. The molecular weight excluding hydrogens is 385 g/mol. The van der Waals surface area contributed by atoms with Crippen molar-refractivity contribution in [1.29, 1.82) is 5.26 Å². The molecule has 0 unspecified atom stereocenters. The van der Waals surface area contributed by atoms with Crippen LogP contribution >= 0.6 is 23.2 Å². The van der Waals surface area contributed by atoms with Crippen molar-refractivity contribution in [3.05, 3.63) is 87.4 Å². The predicted molar refractivity (Wildman–Crippen MR) is 107 cm³/mol. The molecule has 5 nitrogen and oxygen atoms in total. The number of carbonyl (C=O) groups excluding carboxylic acids is 1. The standard InChI is InChI=1S/C20H15Cl2N3O2/c21-18-10-9-17(19(22)11-18)13-27-25-14-24-20(26)16(12-23)8-4-7-15-5-2-1-3-6-15/h1-11,14H,13H2,(H,24,25,26)/b7-4+,16-8+. The van der Waals surface area contributed by atoms with Gasteiger partial charge in [0.2, 0.25) is 0 Å². The summed E-state index contributed by atoms with van der Waals surface area (Å²) < 4.78 is 0. The smallest absolute Gasteiger partial charge is 0.267 e. The third-order valence-electron chi connectivity index (χ3n) is 3.27. The molecule has 0 fully saturated rings. The highest BCUT2D eigenvalue weighted by Crippen LogP contribution is 2.21. The van der Waals surface area contributed by atoms with Gasteiger partial charge in [-0.2, -0.15) is 5.26 Å². The molecule has 0 aromatic heterocycles. The number of oxime groups is 1. The zero-order chi connectivity index (χ0) is 19.5. The molecule has 0 saturated heterocycles. The summed E-state index contributed by atoms with van der Waals surface area (Å²) in [6, 6.07) is 16.4. The van der Waals surface area contributed by atoms with Crippen LogP contribution in [-0.4, -0.2) is 12.2 Å². The summed E-state index contributed by atoms with van der Waals surface area (Å²) in [5.74, 6) is -0.591. The highest BCUT2D eigenvalue weighted by Gasteiger charge is 2.05. The summed E-state index contributed by atoms with van der Waals surface area (Å²) in [4.78, 5) is 17.0. The number of nitrogens with zero attached hydrogens (tertiary/aromatic N) is 2. The van der Waals surface area contributed by atoms with E-state index in [1.807, 2.05) is 36.4 Å². The fourth-order valence-electron chi connectivity index (χ4n) is 1.93. The monoisotopic (exact) mass is 399 g/mol. The van der Waals surface area contributed by atoms with E-state index < -0.39 is 5.91 Å². The minimum atomic E-state index is -0.591. The Labute approximate surface area is 167 Å². The van der Waals surface area contributed by atoms with Crippen molar-refractivity contribution >= 4 is 41.5 Å². The summed E-state index contributed by atoms with van der Waals surface area (Å²) in [6.45, 7) is 0.114. The van der Waals surface area contributed by atoms with Gasteiger partial charge in [0.1, 0.15) is 24.6 Å². The van der Waals surface area contributed by atoms with Crippen molar-refractivity contribution in [3.63, 3.8) is 0 Å². The van der Waals surface area contributed by atoms with E-state index in [1.54, 1.807) is 30.4 Å². The van der Waals surface area contributed by atoms with Crippen LogP contribution in [0.5, 0.6) is 0 Å². The second kappa shape index (κ2) is 10.8. The molecule has 1 amide bonds. The van der Waals surface area contributed by atoms with Crippen LogP contribution < -0.4 is 5.32 Å². The number of rotatable bonds is 7. The van der Waals surface area contributed by atoms with Crippen molar-refractivity contribution in [3.8, 4) is 6.07 Å². The fraction of sp³-hybridized carbons (Fsp3) is 0.0500. The molecular formula is C20H15Cl2N3O2. The van der Waals surface area contributed by atoms with Crippen molar-refractivity contribution in [2.75, 3.05) is 0 Å². The number of allylic oxidation sites excluding steroid dienone is 2. The van der Waals surface area contributed by atoms with Crippen LogP contribution in [0, 0.1) is 11.3 Å². The largest absolute Gasteiger partial charge is 0.390 e. The van der Waals surface area contributed by atoms with E-state index in [-0.39, 0.29) is 12.2 Å². The van der Waals surface area contributed by atoms with Gasteiger partial charge < -0.3 is 10.2 Å². The number of carbonyl (C=O) groups is 1. The number of halogens is 2. The Kier molecular flexibility index (Phi) is 8.11. The summed E-state index contributed by atoms with van der Waals surface area (Å²) in [5, 5.41) is 16.0. The Morgan fingerprint density at radius 3 is 2.70 bits per heavy atom. The maximum absolute atomic E-state index is 11.9. The first-order valence-electron chi connectivity index (χ1n) is 7.82. The second-order valence-corrected chi connectivity index (χ2v) is 6.02. The highest BCUT2D eigenvalue weighted by molar-refractivity contribution is 6.35. The number of benzene rings is 2. The molecule has 2 aromatic carbocycles. The molecule has 0 aliphatic rings. The Balaban J connectivity index is 1.83. The van der Waals surface area contributed by atoms with Gasteiger partial charge in [-0.1, -0.05) is 76.9 Å². The van der Waals surface area contributed by atoms with E-state index in [2.05, 4.69) is 10.5 Å². The molecule has 0 saturated carbocycles. The molecule has 0 radical (unpaired) electrons. The highest BCUT2D eigenvalue weighted by atomic mass is 35.5. The minimum absolute atomic E-state index is 0.0608. The Morgan fingerprint density at radius 1 is 1.22 bits per heavy atom. The van der Waals surface area contributed by atoms with Crippen molar-refractivity contribution in [2.45, 2.75) is 6.61 Å². The van der Waals surface area contributed by atoms with Gasteiger partial charge >= 0.3 is 0 Å². The van der Waals surface area contributed by atoms with Gasteiger partial charge in [-0.05, 0) is 23.8 Å². The third kappa shape index (κ3) is 6.98. The average molecular weight is 400 g/mol. The van der Waals surface area contributed by atoms with Crippen molar-refractivity contribution in [2.24, 2.45) is 5.16 Å². The average Bonchev–Trinajstić information content (AvgIpc) is 2.67. The molecule has 0 aliphatic heterocycles. The van der Waals surface area contributed by atoms with E-state index >= 15 is 0 Å². The van der Waals surface area contributed by atoms with Gasteiger partial charge in [0.05, 0.1) is 0 Å². The minimum Gasteiger partial charge on any atom is -0.390 e. The van der Waals surface area contributed by atoms with Crippen LogP contribution in [-0.2, 0) is 16.2 Å². The molecule has 2 rings (SSSR count). The molecule has 2 aromatic rings. The van der Waals surface area contributed by atoms with E-state index in [9.17, 15) is 4.79 Å². The zero-order valence-corrected chi connectivity index (χ0v) is 15.6. The number of nitriles is 1. The maximum Gasteiger partial charge on any atom is 0.267 e. The lowest BCUT2D eigenvalue weighted by Gasteiger charge is -2.03. The summed E-state index contributed by atoms with van der Waals surface area (Å²) >= 11 is 11.8. The summed E-state index contributed by atoms with van der Waals surface area (Å²) in [6.07, 6.45) is 5.91. The van der Waals surface area contributed by atoms with Crippen molar-refractivity contribution < 1.29 is 9.63 Å². The van der Waals surface area contributed by atoms with E-state index in [4.69, 9.17) is 33.3 Å². The normalized spacial score (nSPS) is 11.5. The number of nitrogens with one attached hydrogen (secondary N) is 1. The SMILES string of the molecule is N#C/C(=C\C=C\c1ccccc1)C(=O)N/C=N/OCc1ccc(Cl)cc1Cl. The predicted octanol–water partition coefficient (Wildman–Crippen LogP) is 4.73. The molecule has 27 heavy (non-hydrogen) atoms. The Morgan fingerprint density at radius 2 is 2.00 bits per heavy atom. The fourth-order valence-corrected chi connectivity index (χ4v) is 2.39. The van der Waals surface area contributed by atoms with Crippen LogP contribution in [0.2, 0.25) is 10.0 Å². The molecule has 1 N–H and O–H groups in total. The Bertz CT molecular complexity index is 917. The van der Waals surface area contributed by atoms with Gasteiger partial charge in [0.15, 0.2) is 0 Å².